The highest BCUT2D eigenvalue weighted by Crippen LogP contribution is 2.25. The molecule has 0 atom stereocenters. The molecule has 0 saturated heterocycles. The number of rotatable bonds is 3. The van der Waals surface area contributed by atoms with Crippen LogP contribution in [0.1, 0.15) is 5.69 Å². The highest BCUT2D eigenvalue weighted by Gasteiger charge is 2.11. The lowest BCUT2D eigenvalue weighted by atomic mass is 10.1. The minimum Gasteiger partial charge on any atom is -0.258 e. The molecule has 0 radical (unpaired) electrons. The molecular weight excluding hydrogens is 285 g/mol. The zero-order chi connectivity index (χ0) is 15.7. The van der Waals surface area contributed by atoms with Crippen molar-refractivity contribution in [2.75, 3.05) is 0 Å². The van der Waals surface area contributed by atoms with E-state index < -0.39 is 4.92 Å². The van der Waals surface area contributed by atoms with Gasteiger partial charge in [-0.25, -0.2) is 9.07 Å². The topological polar surface area (TPSA) is 61.0 Å². The molecule has 6 heteroatoms. The Kier molecular flexibility index (Phi) is 3.42. The molecule has 0 bridgehead atoms. The molecule has 110 valence electrons. The lowest BCUT2D eigenvalue weighted by Gasteiger charge is -2.07. The Bertz CT molecular complexity index is 824. The van der Waals surface area contributed by atoms with Crippen molar-refractivity contribution in [1.29, 1.82) is 0 Å². The number of halogens is 1. The summed E-state index contributed by atoms with van der Waals surface area (Å²) < 4.78 is 14.8. The van der Waals surface area contributed by atoms with E-state index in [1.165, 1.54) is 24.3 Å². The van der Waals surface area contributed by atoms with Gasteiger partial charge in [0.2, 0.25) is 0 Å². The Morgan fingerprint density at radius 1 is 1.09 bits per heavy atom. The maximum Gasteiger partial charge on any atom is 0.269 e. The van der Waals surface area contributed by atoms with Crippen LogP contribution in [0.4, 0.5) is 10.1 Å². The first-order valence-electron chi connectivity index (χ1n) is 6.62. The van der Waals surface area contributed by atoms with Crippen molar-refractivity contribution in [1.82, 2.24) is 9.78 Å². The van der Waals surface area contributed by atoms with Gasteiger partial charge in [-0.05, 0) is 49.4 Å². The minimum atomic E-state index is -0.445. The molecule has 0 aliphatic carbocycles. The van der Waals surface area contributed by atoms with Crippen molar-refractivity contribution in [2.24, 2.45) is 0 Å². The Morgan fingerprint density at radius 2 is 1.73 bits per heavy atom. The van der Waals surface area contributed by atoms with Gasteiger partial charge >= 0.3 is 0 Å². The van der Waals surface area contributed by atoms with Crippen LogP contribution in [0, 0.1) is 22.9 Å². The van der Waals surface area contributed by atoms with E-state index in [1.54, 1.807) is 28.9 Å². The highest BCUT2D eigenvalue weighted by molar-refractivity contribution is 5.62. The molecule has 3 aromatic rings. The molecule has 0 spiro atoms. The normalized spacial score (nSPS) is 10.6. The van der Waals surface area contributed by atoms with Gasteiger partial charge in [0.15, 0.2) is 0 Å². The fourth-order valence-electron chi connectivity index (χ4n) is 2.24. The van der Waals surface area contributed by atoms with E-state index in [-0.39, 0.29) is 11.5 Å². The highest BCUT2D eigenvalue weighted by atomic mass is 19.1. The maximum atomic E-state index is 13.1. The van der Waals surface area contributed by atoms with E-state index in [2.05, 4.69) is 5.10 Å². The first kappa shape index (κ1) is 13.9. The molecule has 22 heavy (non-hydrogen) atoms. The van der Waals surface area contributed by atoms with Crippen molar-refractivity contribution >= 4 is 5.69 Å². The Morgan fingerprint density at radius 3 is 2.32 bits per heavy atom. The molecule has 0 amide bonds. The molecule has 1 aromatic heterocycles. The SMILES string of the molecule is Cc1cc(-c2ccc(F)cc2)n(-c2ccc([N+](=O)[O-])cc2)n1. The quantitative estimate of drug-likeness (QED) is 0.544. The largest absolute Gasteiger partial charge is 0.269 e. The molecule has 0 aliphatic heterocycles. The van der Waals surface area contributed by atoms with Gasteiger partial charge in [0.25, 0.3) is 5.69 Å². The Labute approximate surface area is 125 Å². The van der Waals surface area contributed by atoms with Crippen LogP contribution in [-0.2, 0) is 0 Å². The van der Waals surface area contributed by atoms with Crippen LogP contribution in [0.5, 0.6) is 0 Å². The number of nitrogens with zero attached hydrogens (tertiary/aromatic N) is 3. The lowest BCUT2D eigenvalue weighted by molar-refractivity contribution is -0.384. The van der Waals surface area contributed by atoms with Gasteiger partial charge in [0.1, 0.15) is 5.82 Å². The number of non-ortho nitro benzene ring substituents is 1. The zero-order valence-corrected chi connectivity index (χ0v) is 11.7. The van der Waals surface area contributed by atoms with Crippen LogP contribution in [0.15, 0.2) is 54.6 Å². The number of nitro benzene ring substituents is 1. The molecule has 1 heterocycles. The lowest BCUT2D eigenvalue weighted by Crippen LogP contribution is -1.99. The van der Waals surface area contributed by atoms with Crippen molar-refractivity contribution in [3.8, 4) is 16.9 Å². The summed E-state index contributed by atoms with van der Waals surface area (Å²) in [4.78, 5) is 10.3. The number of nitro groups is 1. The van der Waals surface area contributed by atoms with Gasteiger partial charge in [-0.15, -0.1) is 0 Å². The molecule has 0 aliphatic rings. The van der Waals surface area contributed by atoms with E-state index in [9.17, 15) is 14.5 Å². The summed E-state index contributed by atoms with van der Waals surface area (Å²) in [6.45, 7) is 1.86. The number of aromatic nitrogens is 2. The van der Waals surface area contributed by atoms with E-state index in [0.29, 0.717) is 5.69 Å². The standard InChI is InChI=1S/C16H12FN3O2/c1-11-10-16(12-2-4-13(17)5-3-12)19(18-11)14-6-8-15(9-7-14)20(21)22/h2-10H,1H3. The van der Waals surface area contributed by atoms with Crippen molar-refractivity contribution in [3.63, 3.8) is 0 Å². The minimum absolute atomic E-state index is 0.0240. The van der Waals surface area contributed by atoms with Gasteiger partial charge in [-0.3, -0.25) is 10.1 Å². The zero-order valence-electron chi connectivity index (χ0n) is 11.7. The number of benzene rings is 2. The number of hydrogen-bond acceptors (Lipinski definition) is 3. The summed E-state index contributed by atoms with van der Waals surface area (Å²) in [6, 6.07) is 14.1. The third kappa shape index (κ3) is 2.58. The maximum absolute atomic E-state index is 13.1. The molecule has 0 N–H and O–H groups in total. The van der Waals surface area contributed by atoms with Gasteiger partial charge in [0.05, 0.1) is 22.0 Å². The third-order valence-corrected chi connectivity index (χ3v) is 3.28. The molecule has 5 nitrogen and oxygen atoms in total. The summed E-state index contributed by atoms with van der Waals surface area (Å²) in [6.07, 6.45) is 0. The fraction of sp³-hybridized carbons (Fsp3) is 0.0625. The Hall–Kier alpha value is -3.02. The van der Waals surface area contributed by atoms with Crippen LogP contribution >= 0.6 is 0 Å². The molecular formula is C16H12FN3O2. The van der Waals surface area contributed by atoms with Crippen LogP contribution < -0.4 is 0 Å². The van der Waals surface area contributed by atoms with Gasteiger partial charge in [-0.2, -0.15) is 5.10 Å². The average Bonchev–Trinajstić information content (AvgIpc) is 2.90. The van der Waals surface area contributed by atoms with Gasteiger partial charge < -0.3 is 0 Å². The van der Waals surface area contributed by atoms with E-state index in [4.69, 9.17) is 0 Å². The molecule has 3 rings (SSSR count). The summed E-state index contributed by atoms with van der Waals surface area (Å²) in [5, 5.41) is 15.1. The first-order chi connectivity index (χ1) is 10.5. The molecule has 0 unspecified atom stereocenters. The van der Waals surface area contributed by atoms with Crippen LogP contribution in [0.3, 0.4) is 0 Å². The van der Waals surface area contributed by atoms with E-state index in [1.807, 2.05) is 13.0 Å². The summed E-state index contributed by atoms with van der Waals surface area (Å²) in [5.41, 5.74) is 3.15. The predicted molar refractivity (Wildman–Crippen MR) is 80.3 cm³/mol. The molecule has 0 fully saturated rings. The third-order valence-electron chi connectivity index (χ3n) is 3.28. The van der Waals surface area contributed by atoms with Crippen molar-refractivity contribution in [3.05, 3.63) is 76.2 Å². The molecule has 0 saturated carbocycles. The predicted octanol–water partition coefficient (Wildman–Crippen LogP) is 3.90. The summed E-state index contributed by atoms with van der Waals surface area (Å²) in [5.74, 6) is -0.304. The van der Waals surface area contributed by atoms with Crippen molar-refractivity contribution in [2.45, 2.75) is 6.92 Å². The first-order valence-corrected chi connectivity index (χ1v) is 6.62. The second-order valence-electron chi connectivity index (χ2n) is 4.86. The van der Waals surface area contributed by atoms with Crippen LogP contribution in [0.2, 0.25) is 0 Å². The second kappa shape index (κ2) is 5.40. The second-order valence-corrected chi connectivity index (χ2v) is 4.86. The van der Waals surface area contributed by atoms with E-state index >= 15 is 0 Å². The summed E-state index contributed by atoms with van der Waals surface area (Å²) >= 11 is 0. The smallest absolute Gasteiger partial charge is 0.258 e. The number of hydrogen-bond donors (Lipinski definition) is 0. The van der Waals surface area contributed by atoms with Crippen LogP contribution in [0.25, 0.3) is 16.9 Å². The average molecular weight is 297 g/mol. The Balaban J connectivity index is 2.07. The fourth-order valence-corrected chi connectivity index (χ4v) is 2.24. The monoisotopic (exact) mass is 297 g/mol. The van der Waals surface area contributed by atoms with Crippen molar-refractivity contribution < 1.29 is 9.31 Å². The summed E-state index contributed by atoms with van der Waals surface area (Å²) in [7, 11) is 0. The van der Waals surface area contributed by atoms with Crippen LogP contribution in [-0.4, -0.2) is 14.7 Å². The van der Waals surface area contributed by atoms with Gasteiger partial charge in [0, 0.05) is 17.7 Å². The molecule has 2 aromatic carbocycles. The van der Waals surface area contributed by atoms with Gasteiger partial charge in [-0.1, -0.05) is 0 Å². The number of aryl methyl sites for hydroxylation is 1. The van der Waals surface area contributed by atoms with E-state index in [0.717, 1.165) is 17.0 Å².